The monoisotopic (exact) mass is 470 g/mol. The maximum Gasteiger partial charge on any atom is 0.430 e. The summed E-state index contributed by atoms with van der Waals surface area (Å²) in [4.78, 5) is 21.2. The number of alkyl halides is 5. The maximum atomic E-state index is 13.3. The number of aromatic nitrogens is 2. The third-order valence-corrected chi connectivity index (χ3v) is 5.05. The fourth-order valence-corrected chi connectivity index (χ4v) is 3.47. The van der Waals surface area contributed by atoms with Gasteiger partial charge in [-0.15, -0.1) is 0 Å². The van der Waals surface area contributed by atoms with Crippen molar-refractivity contribution in [3.05, 3.63) is 59.8 Å². The SMILES string of the molecule is NC(=O)c1cccc2cn(-c3ccc(C[NH+]4C[C@H](F)[C@@H](F)C4)cc3)nc12.O=C([O-])C(F)(F)F. The minimum absolute atomic E-state index is 0.212. The number of carbonyl (C=O) groups excluding carboxylic acids is 2. The molecule has 12 heteroatoms. The molecule has 1 fully saturated rings. The van der Waals surface area contributed by atoms with Crippen molar-refractivity contribution < 1.29 is 41.5 Å². The summed E-state index contributed by atoms with van der Waals surface area (Å²) in [5.41, 5.74) is 8.20. The van der Waals surface area contributed by atoms with E-state index in [4.69, 9.17) is 15.6 Å². The molecule has 33 heavy (non-hydrogen) atoms. The lowest BCUT2D eigenvalue weighted by Crippen LogP contribution is -3.09. The molecular formula is C21H19F5N4O3. The molecule has 7 nitrogen and oxygen atoms in total. The first-order chi connectivity index (χ1) is 15.5. The highest BCUT2D eigenvalue weighted by Crippen LogP contribution is 2.19. The Morgan fingerprint density at radius 1 is 1.09 bits per heavy atom. The average Bonchev–Trinajstić information content (AvgIpc) is 3.30. The molecule has 0 saturated carbocycles. The topological polar surface area (TPSA) is 105 Å². The molecule has 0 unspecified atom stereocenters. The van der Waals surface area contributed by atoms with E-state index in [2.05, 4.69) is 5.10 Å². The molecule has 0 bridgehead atoms. The molecule has 1 aliphatic heterocycles. The number of fused-ring (bicyclic) bond motifs is 1. The number of carbonyl (C=O) groups is 2. The van der Waals surface area contributed by atoms with Crippen LogP contribution in [-0.2, 0) is 11.3 Å². The highest BCUT2D eigenvalue weighted by Gasteiger charge is 2.36. The molecule has 0 spiro atoms. The lowest BCUT2D eigenvalue weighted by atomic mass is 10.1. The van der Waals surface area contributed by atoms with Crippen molar-refractivity contribution in [2.45, 2.75) is 25.1 Å². The number of carboxylic acids is 1. The number of nitrogens with zero attached hydrogens (tertiary/aromatic N) is 2. The molecule has 0 radical (unpaired) electrons. The smallest absolute Gasteiger partial charge is 0.430 e. The normalized spacial score (nSPS) is 18.7. The number of halogens is 5. The van der Waals surface area contributed by atoms with Crippen molar-refractivity contribution in [1.82, 2.24) is 9.78 Å². The summed E-state index contributed by atoms with van der Waals surface area (Å²) < 4.78 is 59.9. The zero-order valence-electron chi connectivity index (χ0n) is 17.0. The van der Waals surface area contributed by atoms with Crippen molar-refractivity contribution in [1.29, 1.82) is 0 Å². The van der Waals surface area contributed by atoms with Crippen LogP contribution in [0.3, 0.4) is 0 Å². The Morgan fingerprint density at radius 2 is 1.67 bits per heavy atom. The van der Waals surface area contributed by atoms with Gasteiger partial charge in [0.25, 0.3) is 5.91 Å². The predicted molar refractivity (Wildman–Crippen MR) is 105 cm³/mol. The second-order valence-electron chi connectivity index (χ2n) is 7.50. The van der Waals surface area contributed by atoms with Crippen LogP contribution in [-0.4, -0.2) is 53.3 Å². The fraction of sp³-hybridized carbons (Fsp3) is 0.286. The van der Waals surface area contributed by atoms with Crippen LogP contribution in [0.2, 0.25) is 0 Å². The standard InChI is InChI=1S/C19H18F2N4O.C2HF3O2/c20-16-10-24(11-17(16)21)8-12-4-6-14(7-5-12)25-9-13-2-1-3-15(19(22)26)18(13)23-25;3-2(4,5)1(6)7/h1-7,9,16-17H,8,10-11H2,(H2,22,26);(H,6,7)/t16-,17-;/m0./s1. The van der Waals surface area contributed by atoms with Crippen LogP contribution in [0.1, 0.15) is 15.9 Å². The molecule has 2 atom stereocenters. The van der Waals surface area contributed by atoms with Gasteiger partial charge in [-0.3, -0.25) is 4.79 Å². The van der Waals surface area contributed by atoms with Crippen LogP contribution in [0.25, 0.3) is 16.6 Å². The van der Waals surface area contributed by atoms with Gasteiger partial charge in [-0.25, -0.2) is 13.5 Å². The zero-order chi connectivity index (χ0) is 24.3. The third kappa shape index (κ3) is 5.83. The van der Waals surface area contributed by atoms with E-state index in [-0.39, 0.29) is 13.1 Å². The first-order valence-corrected chi connectivity index (χ1v) is 9.73. The summed E-state index contributed by atoms with van der Waals surface area (Å²) in [6.07, 6.45) is -6.08. The van der Waals surface area contributed by atoms with Crippen LogP contribution in [0.4, 0.5) is 22.0 Å². The first-order valence-electron chi connectivity index (χ1n) is 9.73. The van der Waals surface area contributed by atoms with Crippen LogP contribution >= 0.6 is 0 Å². The summed E-state index contributed by atoms with van der Waals surface area (Å²) in [5.74, 6) is -3.52. The van der Waals surface area contributed by atoms with Crippen molar-refractivity contribution in [3.8, 4) is 5.69 Å². The van der Waals surface area contributed by atoms with E-state index in [0.717, 1.165) is 21.5 Å². The zero-order valence-corrected chi connectivity index (χ0v) is 17.0. The Labute approximate surface area is 184 Å². The summed E-state index contributed by atoms with van der Waals surface area (Å²) in [5, 5.41) is 14.1. The van der Waals surface area contributed by atoms with E-state index >= 15 is 0 Å². The Kier molecular flexibility index (Phi) is 6.96. The van der Waals surface area contributed by atoms with Crippen molar-refractivity contribution >= 4 is 22.8 Å². The first kappa shape index (κ1) is 24.1. The van der Waals surface area contributed by atoms with Gasteiger partial charge >= 0.3 is 6.18 Å². The molecule has 0 aliphatic carbocycles. The van der Waals surface area contributed by atoms with E-state index in [0.29, 0.717) is 17.6 Å². The molecule has 4 rings (SSSR count). The van der Waals surface area contributed by atoms with Gasteiger partial charge in [-0.05, 0) is 18.2 Å². The Balaban J connectivity index is 0.000000383. The fourth-order valence-electron chi connectivity index (χ4n) is 3.47. The number of nitrogens with one attached hydrogen (secondary N) is 1. The van der Waals surface area contributed by atoms with Crippen molar-refractivity contribution in [3.63, 3.8) is 0 Å². The van der Waals surface area contributed by atoms with E-state index < -0.39 is 30.4 Å². The molecular weight excluding hydrogens is 451 g/mol. The quantitative estimate of drug-likeness (QED) is 0.542. The van der Waals surface area contributed by atoms with Gasteiger partial charge in [0.1, 0.15) is 31.1 Å². The Morgan fingerprint density at radius 3 is 2.18 bits per heavy atom. The number of amides is 1. The number of aliphatic carboxylic acids is 1. The third-order valence-electron chi connectivity index (χ3n) is 5.05. The minimum Gasteiger partial charge on any atom is -0.542 e. The van der Waals surface area contributed by atoms with E-state index in [9.17, 15) is 26.7 Å². The summed E-state index contributed by atoms with van der Waals surface area (Å²) in [7, 11) is 0. The summed E-state index contributed by atoms with van der Waals surface area (Å²) >= 11 is 0. The molecule has 1 aromatic heterocycles. The summed E-state index contributed by atoms with van der Waals surface area (Å²) in [6, 6.07) is 13.0. The van der Waals surface area contributed by atoms with Crippen LogP contribution in [0.15, 0.2) is 48.7 Å². The van der Waals surface area contributed by atoms with E-state index in [1.807, 2.05) is 36.5 Å². The van der Waals surface area contributed by atoms with E-state index in [1.165, 1.54) is 0 Å². The van der Waals surface area contributed by atoms with Gasteiger partial charge in [0.2, 0.25) is 0 Å². The predicted octanol–water partition coefficient (Wildman–Crippen LogP) is 0.498. The highest BCUT2D eigenvalue weighted by atomic mass is 19.4. The number of quaternary nitrogens is 1. The van der Waals surface area contributed by atoms with Crippen LogP contribution in [0.5, 0.6) is 0 Å². The lowest BCUT2D eigenvalue weighted by molar-refractivity contribution is -0.903. The number of nitrogens with two attached hydrogens (primary N) is 1. The number of carboxylic acid groups (broad SMARTS) is 1. The Bertz CT molecular complexity index is 1140. The molecule has 1 saturated heterocycles. The molecule has 3 N–H and O–H groups in total. The van der Waals surface area contributed by atoms with Crippen molar-refractivity contribution in [2.75, 3.05) is 13.1 Å². The number of hydrogen-bond donors (Lipinski definition) is 2. The second-order valence-corrected chi connectivity index (χ2v) is 7.50. The summed E-state index contributed by atoms with van der Waals surface area (Å²) in [6.45, 7) is 1.01. The van der Waals surface area contributed by atoms with Crippen molar-refractivity contribution in [2.24, 2.45) is 5.73 Å². The molecule has 2 aromatic carbocycles. The molecule has 1 amide bonds. The number of hydrogen-bond acceptors (Lipinski definition) is 4. The highest BCUT2D eigenvalue weighted by molar-refractivity contribution is 6.04. The van der Waals surface area contributed by atoms with Gasteiger partial charge in [0, 0.05) is 17.1 Å². The number of benzene rings is 2. The van der Waals surface area contributed by atoms with Gasteiger partial charge < -0.3 is 20.5 Å². The molecule has 1 aliphatic rings. The lowest BCUT2D eigenvalue weighted by Gasteiger charge is -2.12. The second kappa shape index (κ2) is 9.53. The van der Waals surface area contributed by atoms with Gasteiger partial charge in [0.15, 0.2) is 12.3 Å². The average molecular weight is 470 g/mol. The van der Waals surface area contributed by atoms with Gasteiger partial charge in [-0.2, -0.15) is 18.3 Å². The number of likely N-dealkylation sites (tertiary alicyclic amines) is 1. The number of primary amides is 1. The minimum atomic E-state index is -5.19. The Hall–Kier alpha value is -3.54. The van der Waals surface area contributed by atoms with Gasteiger partial charge in [-0.1, -0.05) is 24.3 Å². The number of rotatable bonds is 4. The van der Waals surface area contributed by atoms with Crippen LogP contribution in [0, 0.1) is 0 Å². The van der Waals surface area contributed by atoms with Crippen LogP contribution < -0.4 is 15.7 Å². The molecule has 176 valence electrons. The maximum absolute atomic E-state index is 13.3. The largest absolute Gasteiger partial charge is 0.542 e. The van der Waals surface area contributed by atoms with E-state index in [1.54, 1.807) is 16.8 Å². The molecule has 2 heterocycles. The molecule has 3 aromatic rings. The van der Waals surface area contributed by atoms with Gasteiger partial charge in [0.05, 0.1) is 11.3 Å².